The number of carbonyl (C=O) groups excluding carboxylic acids is 1. The Bertz CT molecular complexity index is 576. The Labute approximate surface area is 122 Å². The number of carbonyl (C=O) groups is 2. The first-order valence-electron chi connectivity index (χ1n) is 7.03. The highest BCUT2D eigenvalue weighted by Gasteiger charge is 2.49. The summed E-state index contributed by atoms with van der Waals surface area (Å²) < 4.78 is 13.5. The van der Waals surface area contributed by atoms with E-state index in [1.807, 2.05) is 6.92 Å². The fraction of sp³-hybridized carbons (Fsp3) is 0.467. The molecule has 0 bridgehead atoms. The van der Waals surface area contributed by atoms with Crippen molar-refractivity contribution >= 4 is 17.6 Å². The van der Waals surface area contributed by atoms with Gasteiger partial charge < -0.3 is 15.7 Å². The van der Waals surface area contributed by atoms with Crippen molar-refractivity contribution in [1.82, 2.24) is 4.90 Å². The molecule has 6 heteroatoms. The molecule has 1 aliphatic heterocycles. The van der Waals surface area contributed by atoms with Gasteiger partial charge in [-0.25, -0.2) is 9.18 Å². The standard InChI is InChI=1S/C15H19FN2O3/c1-2-7-15(14(20)21)8-4-9-18(15)13(19)10-5-3-6-11(16)12(10)17/h3,5-6H,2,4,7-9,17H2,1H3,(H,20,21). The van der Waals surface area contributed by atoms with Gasteiger partial charge in [-0.3, -0.25) is 4.79 Å². The molecule has 1 heterocycles. The molecule has 1 unspecified atom stereocenters. The molecule has 0 aromatic heterocycles. The molecule has 1 aromatic rings. The van der Waals surface area contributed by atoms with Gasteiger partial charge in [0.05, 0.1) is 11.3 Å². The number of likely N-dealkylation sites (tertiary alicyclic amines) is 1. The van der Waals surface area contributed by atoms with Gasteiger partial charge in [0.1, 0.15) is 11.4 Å². The number of para-hydroxylation sites is 1. The van der Waals surface area contributed by atoms with Crippen LogP contribution in [0.1, 0.15) is 43.0 Å². The molecule has 2 rings (SSSR count). The number of nitrogens with two attached hydrogens (primary N) is 1. The van der Waals surface area contributed by atoms with E-state index in [-0.39, 0.29) is 11.3 Å². The number of aliphatic carboxylic acids is 1. The van der Waals surface area contributed by atoms with Crippen molar-refractivity contribution in [3.8, 4) is 0 Å². The Balaban J connectivity index is 2.41. The summed E-state index contributed by atoms with van der Waals surface area (Å²) >= 11 is 0. The topological polar surface area (TPSA) is 83.6 Å². The number of hydrogen-bond acceptors (Lipinski definition) is 3. The first-order valence-corrected chi connectivity index (χ1v) is 7.03. The molecule has 3 N–H and O–H groups in total. The molecule has 21 heavy (non-hydrogen) atoms. The number of rotatable bonds is 4. The van der Waals surface area contributed by atoms with E-state index in [4.69, 9.17) is 5.73 Å². The van der Waals surface area contributed by atoms with Gasteiger partial charge in [0.2, 0.25) is 0 Å². The molecule has 0 saturated carbocycles. The number of halogens is 1. The smallest absolute Gasteiger partial charge is 0.329 e. The van der Waals surface area contributed by atoms with Crippen molar-refractivity contribution < 1.29 is 19.1 Å². The zero-order valence-corrected chi connectivity index (χ0v) is 11.9. The summed E-state index contributed by atoms with van der Waals surface area (Å²) in [4.78, 5) is 25.7. The van der Waals surface area contributed by atoms with E-state index in [1.165, 1.54) is 23.1 Å². The van der Waals surface area contributed by atoms with E-state index in [9.17, 15) is 19.1 Å². The Morgan fingerprint density at radius 3 is 2.81 bits per heavy atom. The SMILES string of the molecule is CCCC1(C(=O)O)CCCN1C(=O)c1cccc(F)c1N. The molecule has 5 nitrogen and oxygen atoms in total. The van der Waals surface area contributed by atoms with E-state index < -0.39 is 23.2 Å². The van der Waals surface area contributed by atoms with Crippen molar-refractivity contribution in [1.29, 1.82) is 0 Å². The Morgan fingerprint density at radius 2 is 2.19 bits per heavy atom. The number of carboxylic acid groups (broad SMARTS) is 1. The minimum absolute atomic E-state index is 0.0265. The lowest BCUT2D eigenvalue weighted by Crippen LogP contribution is -2.53. The fourth-order valence-electron chi connectivity index (χ4n) is 3.05. The van der Waals surface area contributed by atoms with Crippen LogP contribution in [-0.4, -0.2) is 34.0 Å². The second-order valence-corrected chi connectivity index (χ2v) is 5.35. The summed E-state index contributed by atoms with van der Waals surface area (Å²) in [6.45, 7) is 2.23. The maximum Gasteiger partial charge on any atom is 0.329 e. The Kier molecular flexibility index (Phi) is 4.16. The molecule has 0 spiro atoms. The zero-order chi connectivity index (χ0) is 15.6. The molecule has 0 aliphatic carbocycles. The number of hydrogen-bond donors (Lipinski definition) is 2. The summed E-state index contributed by atoms with van der Waals surface area (Å²) in [5, 5.41) is 9.59. The molecule has 114 valence electrons. The average Bonchev–Trinajstić information content (AvgIpc) is 2.86. The molecule has 0 radical (unpaired) electrons. The van der Waals surface area contributed by atoms with Crippen molar-refractivity contribution in [2.24, 2.45) is 0 Å². The van der Waals surface area contributed by atoms with Crippen LogP contribution in [0, 0.1) is 5.82 Å². The Morgan fingerprint density at radius 1 is 1.48 bits per heavy atom. The Hall–Kier alpha value is -2.11. The van der Waals surface area contributed by atoms with Crippen LogP contribution in [-0.2, 0) is 4.79 Å². The highest BCUT2D eigenvalue weighted by molar-refractivity contribution is 6.02. The summed E-state index contributed by atoms with van der Waals surface area (Å²) in [5.41, 5.74) is 4.21. The highest BCUT2D eigenvalue weighted by atomic mass is 19.1. The van der Waals surface area contributed by atoms with Crippen LogP contribution in [0.25, 0.3) is 0 Å². The van der Waals surface area contributed by atoms with Gasteiger partial charge in [-0.15, -0.1) is 0 Å². The molecule has 1 fully saturated rings. The van der Waals surface area contributed by atoms with Crippen molar-refractivity contribution in [2.45, 2.75) is 38.1 Å². The largest absolute Gasteiger partial charge is 0.479 e. The first kappa shape index (κ1) is 15.3. The van der Waals surface area contributed by atoms with Gasteiger partial charge in [0, 0.05) is 6.54 Å². The minimum atomic E-state index is -1.20. The van der Waals surface area contributed by atoms with Gasteiger partial charge in [-0.2, -0.15) is 0 Å². The number of carboxylic acids is 1. The fourth-order valence-corrected chi connectivity index (χ4v) is 3.05. The molecule has 1 aromatic carbocycles. The number of amides is 1. The van der Waals surface area contributed by atoms with Crippen LogP contribution >= 0.6 is 0 Å². The third-order valence-electron chi connectivity index (χ3n) is 4.08. The van der Waals surface area contributed by atoms with Gasteiger partial charge in [-0.05, 0) is 31.4 Å². The zero-order valence-electron chi connectivity index (χ0n) is 11.9. The maximum absolute atomic E-state index is 13.5. The van der Waals surface area contributed by atoms with E-state index in [1.54, 1.807) is 0 Å². The molecular formula is C15H19FN2O3. The normalized spacial score (nSPS) is 21.5. The van der Waals surface area contributed by atoms with E-state index >= 15 is 0 Å². The quantitative estimate of drug-likeness (QED) is 0.834. The summed E-state index contributed by atoms with van der Waals surface area (Å²) in [6, 6.07) is 4.00. The van der Waals surface area contributed by atoms with Gasteiger partial charge in [0.25, 0.3) is 5.91 Å². The summed E-state index contributed by atoms with van der Waals surface area (Å²) in [6.07, 6.45) is 2.06. The third-order valence-corrected chi connectivity index (χ3v) is 4.08. The number of nitrogens with zero attached hydrogens (tertiary/aromatic N) is 1. The monoisotopic (exact) mass is 294 g/mol. The van der Waals surface area contributed by atoms with Crippen LogP contribution in [0.2, 0.25) is 0 Å². The van der Waals surface area contributed by atoms with Crippen molar-refractivity contribution in [2.75, 3.05) is 12.3 Å². The molecule has 1 aliphatic rings. The van der Waals surface area contributed by atoms with E-state index in [2.05, 4.69) is 0 Å². The van der Waals surface area contributed by atoms with Crippen LogP contribution in [0.4, 0.5) is 10.1 Å². The van der Waals surface area contributed by atoms with Crippen LogP contribution in [0.15, 0.2) is 18.2 Å². The van der Waals surface area contributed by atoms with Crippen molar-refractivity contribution in [3.05, 3.63) is 29.6 Å². The van der Waals surface area contributed by atoms with Gasteiger partial charge in [-0.1, -0.05) is 19.4 Å². The molecular weight excluding hydrogens is 275 g/mol. The highest BCUT2D eigenvalue weighted by Crippen LogP contribution is 2.36. The summed E-state index contributed by atoms with van der Waals surface area (Å²) in [5.74, 6) is -2.19. The summed E-state index contributed by atoms with van der Waals surface area (Å²) in [7, 11) is 0. The predicted octanol–water partition coefficient (Wildman–Crippen LogP) is 2.27. The average molecular weight is 294 g/mol. The number of benzene rings is 1. The number of nitrogen functional groups attached to an aromatic ring is 1. The number of anilines is 1. The molecule has 1 atom stereocenters. The maximum atomic E-state index is 13.5. The van der Waals surface area contributed by atoms with Gasteiger partial charge >= 0.3 is 5.97 Å². The van der Waals surface area contributed by atoms with Crippen molar-refractivity contribution in [3.63, 3.8) is 0 Å². The molecule has 1 amide bonds. The van der Waals surface area contributed by atoms with E-state index in [0.717, 1.165) is 0 Å². The second-order valence-electron chi connectivity index (χ2n) is 5.35. The van der Waals surface area contributed by atoms with Crippen LogP contribution < -0.4 is 5.73 Å². The second kappa shape index (κ2) is 5.71. The van der Waals surface area contributed by atoms with E-state index in [0.29, 0.717) is 32.2 Å². The lowest BCUT2D eigenvalue weighted by molar-refractivity contribution is -0.148. The van der Waals surface area contributed by atoms with Crippen LogP contribution in [0.3, 0.4) is 0 Å². The van der Waals surface area contributed by atoms with Gasteiger partial charge in [0.15, 0.2) is 0 Å². The minimum Gasteiger partial charge on any atom is -0.479 e. The van der Waals surface area contributed by atoms with Crippen LogP contribution in [0.5, 0.6) is 0 Å². The third kappa shape index (κ3) is 2.46. The first-order chi connectivity index (χ1) is 9.94. The predicted molar refractivity (Wildman–Crippen MR) is 76.4 cm³/mol. The lowest BCUT2D eigenvalue weighted by atomic mass is 9.90. The molecule has 1 saturated heterocycles. The lowest BCUT2D eigenvalue weighted by Gasteiger charge is -2.35.